The number of carbonyl (C=O) groups is 3. The maximum absolute atomic E-state index is 12.2. The fourth-order valence-corrected chi connectivity index (χ4v) is 2.43. The highest BCUT2D eigenvalue weighted by molar-refractivity contribution is 6.03. The normalized spacial score (nSPS) is 12.3. The summed E-state index contributed by atoms with van der Waals surface area (Å²) in [5.41, 5.74) is 1.88. The van der Waals surface area contributed by atoms with Crippen LogP contribution >= 0.6 is 0 Å². The van der Waals surface area contributed by atoms with Gasteiger partial charge in [-0.05, 0) is 38.7 Å². The van der Waals surface area contributed by atoms with Crippen LogP contribution in [-0.4, -0.2) is 33.8 Å². The van der Waals surface area contributed by atoms with Gasteiger partial charge in [-0.25, -0.2) is 4.79 Å². The van der Waals surface area contributed by atoms with Crippen LogP contribution in [0.3, 0.4) is 0 Å². The third kappa shape index (κ3) is 3.93. The SMILES string of the molecule is CC(=O)c1c(C)[nH]c(C(=O)N[C@H](CC(C)C)C(=O)O)c1C. The Labute approximate surface area is 123 Å². The highest BCUT2D eigenvalue weighted by atomic mass is 16.4. The van der Waals surface area contributed by atoms with Gasteiger partial charge in [-0.3, -0.25) is 9.59 Å². The Morgan fingerprint density at radius 2 is 1.81 bits per heavy atom. The van der Waals surface area contributed by atoms with Crippen LogP contribution in [0.1, 0.15) is 59.3 Å². The standard InChI is InChI=1S/C15H22N2O4/c1-7(2)6-11(15(20)21)17-14(19)13-8(3)12(10(5)18)9(4)16-13/h7,11,16H,6H2,1-5H3,(H,17,19)(H,20,21)/t11-/m1/s1. The quantitative estimate of drug-likeness (QED) is 0.699. The molecule has 1 aromatic rings. The van der Waals surface area contributed by atoms with Gasteiger partial charge < -0.3 is 15.4 Å². The van der Waals surface area contributed by atoms with Crippen molar-refractivity contribution in [1.82, 2.24) is 10.3 Å². The van der Waals surface area contributed by atoms with Crippen LogP contribution in [0, 0.1) is 19.8 Å². The summed E-state index contributed by atoms with van der Waals surface area (Å²) in [5.74, 6) is -1.55. The van der Waals surface area contributed by atoms with E-state index in [1.54, 1.807) is 13.8 Å². The number of aromatic nitrogens is 1. The van der Waals surface area contributed by atoms with E-state index in [1.165, 1.54) is 6.92 Å². The second kappa shape index (κ2) is 6.56. The molecule has 0 saturated carbocycles. The van der Waals surface area contributed by atoms with Gasteiger partial charge in [-0.2, -0.15) is 0 Å². The molecular weight excluding hydrogens is 272 g/mol. The number of amides is 1. The summed E-state index contributed by atoms with van der Waals surface area (Å²) in [7, 11) is 0. The molecule has 3 N–H and O–H groups in total. The zero-order valence-corrected chi connectivity index (χ0v) is 13.0. The Balaban J connectivity index is 3.01. The van der Waals surface area contributed by atoms with Crippen molar-refractivity contribution in [2.75, 3.05) is 0 Å². The first-order chi connectivity index (χ1) is 9.65. The average Bonchev–Trinajstić information content (AvgIpc) is 2.63. The summed E-state index contributed by atoms with van der Waals surface area (Å²) >= 11 is 0. The van der Waals surface area contributed by atoms with Crippen LogP contribution in [0.15, 0.2) is 0 Å². The topological polar surface area (TPSA) is 99.3 Å². The molecule has 0 saturated heterocycles. The zero-order valence-electron chi connectivity index (χ0n) is 13.0. The molecule has 6 heteroatoms. The van der Waals surface area contributed by atoms with E-state index in [0.29, 0.717) is 23.2 Å². The van der Waals surface area contributed by atoms with Crippen molar-refractivity contribution < 1.29 is 19.5 Å². The van der Waals surface area contributed by atoms with Gasteiger partial charge in [0.05, 0.1) is 0 Å². The molecule has 0 fully saturated rings. The highest BCUT2D eigenvalue weighted by Gasteiger charge is 2.25. The lowest BCUT2D eigenvalue weighted by molar-refractivity contribution is -0.139. The summed E-state index contributed by atoms with van der Waals surface area (Å²) in [4.78, 5) is 37.8. The number of H-pyrrole nitrogens is 1. The number of Topliss-reactive ketones (excluding diaryl/α,β-unsaturated/α-hetero) is 1. The van der Waals surface area contributed by atoms with Gasteiger partial charge in [0.1, 0.15) is 11.7 Å². The van der Waals surface area contributed by atoms with E-state index >= 15 is 0 Å². The number of nitrogens with one attached hydrogen (secondary N) is 2. The number of carboxylic acids is 1. The van der Waals surface area contributed by atoms with Crippen LogP contribution in [0.25, 0.3) is 0 Å². The Bertz CT molecular complexity index is 572. The first-order valence-electron chi connectivity index (χ1n) is 6.88. The van der Waals surface area contributed by atoms with Gasteiger partial charge in [-0.15, -0.1) is 0 Å². The van der Waals surface area contributed by atoms with Crippen LogP contribution in [0.5, 0.6) is 0 Å². The third-order valence-corrected chi connectivity index (χ3v) is 3.33. The molecule has 0 aromatic carbocycles. The van der Waals surface area contributed by atoms with E-state index in [9.17, 15) is 14.4 Å². The number of ketones is 1. The minimum atomic E-state index is -1.07. The number of aliphatic carboxylic acids is 1. The number of rotatable bonds is 6. The van der Waals surface area contributed by atoms with E-state index in [-0.39, 0.29) is 17.4 Å². The van der Waals surface area contributed by atoms with Gasteiger partial charge in [0, 0.05) is 11.3 Å². The predicted octanol–water partition coefficient (Wildman–Crippen LogP) is 2.06. The molecule has 0 unspecified atom stereocenters. The van der Waals surface area contributed by atoms with Gasteiger partial charge in [0.2, 0.25) is 0 Å². The molecule has 6 nitrogen and oxygen atoms in total. The van der Waals surface area contributed by atoms with Gasteiger partial charge in [0.25, 0.3) is 5.91 Å². The minimum Gasteiger partial charge on any atom is -0.480 e. The molecule has 1 amide bonds. The first-order valence-corrected chi connectivity index (χ1v) is 6.88. The molecule has 1 aromatic heterocycles. The van der Waals surface area contributed by atoms with Crippen molar-refractivity contribution in [2.45, 2.75) is 47.1 Å². The Hall–Kier alpha value is -2.11. The number of carboxylic acid groups (broad SMARTS) is 1. The van der Waals surface area contributed by atoms with Crippen LogP contribution < -0.4 is 5.32 Å². The maximum Gasteiger partial charge on any atom is 0.326 e. The second-order valence-corrected chi connectivity index (χ2v) is 5.68. The summed E-state index contributed by atoms with van der Waals surface area (Å²) in [6, 6.07) is -0.943. The Morgan fingerprint density at radius 1 is 1.24 bits per heavy atom. The van der Waals surface area contributed by atoms with Crippen molar-refractivity contribution in [2.24, 2.45) is 5.92 Å². The van der Waals surface area contributed by atoms with Crippen molar-refractivity contribution in [3.63, 3.8) is 0 Å². The maximum atomic E-state index is 12.2. The van der Waals surface area contributed by atoms with Crippen molar-refractivity contribution in [3.8, 4) is 0 Å². The third-order valence-electron chi connectivity index (χ3n) is 3.33. The van der Waals surface area contributed by atoms with E-state index in [0.717, 1.165) is 0 Å². The van der Waals surface area contributed by atoms with Crippen LogP contribution in [0.2, 0.25) is 0 Å². The molecule has 0 spiro atoms. The molecule has 1 rings (SSSR count). The molecule has 0 aliphatic carbocycles. The van der Waals surface area contributed by atoms with E-state index in [1.807, 2.05) is 13.8 Å². The number of aryl methyl sites for hydroxylation is 1. The summed E-state index contributed by atoms with van der Waals surface area (Å²) in [6.07, 6.45) is 0.347. The van der Waals surface area contributed by atoms with Crippen LogP contribution in [0.4, 0.5) is 0 Å². The summed E-state index contributed by atoms with van der Waals surface area (Å²) in [5, 5.41) is 11.7. The molecule has 21 heavy (non-hydrogen) atoms. The fraction of sp³-hybridized carbons (Fsp3) is 0.533. The summed E-state index contributed by atoms with van der Waals surface area (Å²) in [6.45, 7) is 8.60. The van der Waals surface area contributed by atoms with Gasteiger partial charge in [0.15, 0.2) is 5.78 Å². The molecule has 1 atom stereocenters. The molecule has 116 valence electrons. The van der Waals surface area contributed by atoms with Crippen molar-refractivity contribution >= 4 is 17.7 Å². The predicted molar refractivity (Wildman–Crippen MR) is 78.6 cm³/mol. The Kier molecular flexibility index (Phi) is 5.29. The summed E-state index contributed by atoms with van der Waals surface area (Å²) < 4.78 is 0. The van der Waals surface area contributed by atoms with E-state index < -0.39 is 17.9 Å². The lowest BCUT2D eigenvalue weighted by atomic mass is 10.0. The molecule has 0 bridgehead atoms. The smallest absolute Gasteiger partial charge is 0.326 e. The molecule has 1 heterocycles. The fourth-order valence-electron chi connectivity index (χ4n) is 2.43. The van der Waals surface area contributed by atoms with E-state index in [2.05, 4.69) is 10.3 Å². The lowest BCUT2D eigenvalue weighted by Gasteiger charge is -2.16. The van der Waals surface area contributed by atoms with Gasteiger partial charge >= 0.3 is 5.97 Å². The monoisotopic (exact) mass is 294 g/mol. The number of hydrogen-bond acceptors (Lipinski definition) is 3. The molecule has 0 radical (unpaired) electrons. The second-order valence-electron chi connectivity index (χ2n) is 5.68. The van der Waals surface area contributed by atoms with Gasteiger partial charge in [-0.1, -0.05) is 13.8 Å². The number of aromatic amines is 1. The molecular formula is C15H22N2O4. The molecule has 0 aliphatic rings. The average molecular weight is 294 g/mol. The van der Waals surface area contributed by atoms with Crippen molar-refractivity contribution in [3.05, 3.63) is 22.5 Å². The zero-order chi connectivity index (χ0) is 16.3. The molecule has 0 aliphatic heterocycles. The number of hydrogen-bond donors (Lipinski definition) is 3. The minimum absolute atomic E-state index is 0.128. The largest absolute Gasteiger partial charge is 0.480 e. The highest BCUT2D eigenvalue weighted by Crippen LogP contribution is 2.18. The lowest BCUT2D eigenvalue weighted by Crippen LogP contribution is -2.42. The Morgan fingerprint density at radius 3 is 2.19 bits per heavy atom. The number of carbonyl (C=O) groups excluding carboxylic acids is 2. The first kappa shape index (κ1) is 16.9. The van der Waals surface area contributed by atoms with Crippen LogP contribution in [-0.2, 0) is 4.79 Å². The van der Waals surface area contributed by atoms with E-state index in [4.69, 9.17) is 5.11 Å². The van der Waals surface area contributed by atoms with Crippen molar-refractivity contribution in [1.29, 1.82) is 0 Å².